The number of nitrogens with zero attached hydrogens (tertiary/aromatic N) is 2. The molecule has 1 aromatic heterocycles. The topological polar surface area (TPSA) is 73.9 Å². The van der Waals surface area contributed by atoms with Crippen molar-refractivity contribution in [1.29, 1.82) is 0 Å². The Kier molecular flexibility index (Phi) is 8.13. The zero-order valence-corrected chi connectivity index (χ0v) is 19.9. The first-order valence-electron chi connectivity index (χ1n) is 9.53. The minimum Gasteiger partial charge on any atom is -0.382 e. The Hall–Kier alpha value is -1.65. The molecule has 7 nitrogen and oxygen atoms in total. The van der Waals surface area contributed by atoms with Crippen molar-refractivity contribution in [3.05, 3.63) is 44.0 Å². The minimum absolute atomic E-state index is 0.0501. The van der Waals surface area contributed by atoms with E-state index < -0.39 is 6.04 Å². The molecule has 3 rings (SSSR count). The number of hydrazine groups is 1. The zero-order chi connectivity index (χ0) is 21.7. The molecule has 0 spiro atoms. The molecule has 10 heteroatoms. The van der Waals surface area contributed by atoms with Gasteiger partial charge in [0, 0.05) is 32.9 Å². The second kappa shape index (κ2) is 10.6. The standard InChI is InChI=1S/C20H24BrClN4O3S/c1-25-9-3-4-10-26(25)16-6-5-13(11-14(16)22)23-19(27)15(12-29-2)24-20(28)17-7-8-18(21)30-17/h5-8,11,15H,3-4,9-10,12H2,1-2H3,(H,23,27)(H,24,28)/t15-/m1/s1. The van der Waals surface area contributed by atoms with Gasteiger partial charge in [-0.2, -0.15) is 0 Å². The van der Waals surface area contributed by atoms with Crippen LogP contribution >= 0.6 is 38.9 Å². The lowest BCUT2D eigenvalue weighted by Gasteiger charge is -2.38. The lowest BCUT2D eigenvalue weighted by molar-refractivity contribution is -0.119. The van der Waals surface area contributed by atoms with Crippen LogP contribution in [0, 0.1) is 0 Å². The van der Waals surface area contributed by atoms with Gasteiger partial charge in [0.2, 0.25) is 5.91 Å². The van der Waals surface area contributed by atoms with Crippen LogP contribution in [0.4, 0.5) is 11.4 Å². The average molecular weight is 516 g/mol. The summed E-state index contributed by atoms with van der Waals surface area (Å²) >= 11 is 11.1. The largest absolute Gasteiger partial charge is 0.382 e. The Morgan fingerprint density at radius 2 is 2.03 bits per heavy atom. The van der Waals surface area contributed by atoms with Gasteiger partial charge >= 0.3 is 0 Å². The lowest BCUT2D eigenvalue weighted by atomic mass is 10.2. The lowest BCUT2D eigenvalue weighted by Crippen LogP contribution is -2.46. The van der Waals surface area contributed by atoms with Crippen molar-refractivity contribution >= 4 is 62.1 Å². The molecule has 2 N–H and O–H groups in total. The Balaban J connectivity index is 1.67. The molecule has 2 aromatic rings. The highest BCUT2D eigenvalue weighted by atomic mass is 79.9. The predicted molar refractivity (Wildman–Crippen MR) is 124 cm³/mol. The van der Waals surface area contributed by atoms with Crippen LogP contribution in [0.2, 0.25) is 5.02 Å². The number of halogens is 2. The van der Waals surface area contributed by atoms with Gasteiger partial charge in [0.05, 0.1) is 26.0 Å². The second-order valence-electron chi connectivity index (χ2n) is 6.95. The maximum absolute atomic E-state index is 12.8. The Bertz CT molecular complexity index is 910. The molecule has 0 saturated carbocycles. The summed E-state index contributed by atoms with van der Waals surface area (Å²) in [6.07, 6.45) is 2.27. The highest BCUT2D eigenvalue weighted by Crippen LogP contribution is 2.31. The number of hydrogen-bond acceptors (Lipinski definition) is 6. The fraction of sp³-hybridized carbons (Fsp3) is 0.400. The van der Waals surface area contributed by atoms with Crippen LogP contribution in [0.1, 0.15) is 22.5 Å². The van der Waals surface area contributed by atoms with Crippen LogP contribution in [0.25, 0.3) is 0 Å². The van der Waals surface area contributed by atoms with Crippen LogP contribution in [-0.4, -0.2) is 56.7 Å². The van der Waals surface area contributed by atoms with Crippen molar-refractivity contribution in [2.45, 2.75) is 18.9 Å². The van der Waals surface area contributed by atoms with E-state index >= 15 is 0 Å². The van der Waals surface area contributed by atoms with E-state index in [-0.39, 0.29) is 18.4 Å². The second-order valence-corrected chi connectivity index (χ2v) is 9.82. The average Bonchev–Trinajstić information content (AvgIpc) is 3.15. The fourth-order valence-electron chi connectivity index (χ4n) is 3.24. The number of nitrogens with one attached hydrogen (secondary N) is 2. The number of methoxy groups -OCH3 is 1. The maximum Gasteiger partial charge on any atom is 0.262 e. The van der Waals surface area contributed by atoms with E-state index in [0.717, 1.165) is 35.4 Å². The van der Waals surface area contributed by atoms with Crippen LogP contribution in [0.3, 0.4) is 0 Å². The van der Waals surface area contributed by atoms with Gasteiger partial charge in [-0.3, -0.25) is 9.59 Å². The first-order chi connectivity index (χ1) is 14.4. The molecule has 0 bridgehead atoms. The predicted octanol–water partition coefficient (Wildman–Crippen LogP) is 3.99. The number of carbonyl (C=O) groups excluding carboxylic acids is 2. The van der Waals surface area contributed by atoms with E-state index in [4.69, 9.17) is 16.3 Å². The monoisotopic (exact) mass is 514 g/mol. The van der Waals surface area contributed by atoms with E-state index in [1.165, 1.54) is 18.4 Å². The summed E-state index contributed by atoms with van der Waals surface area (Å²) in [6.45, 7) is 1.94. The third-order valence-electron chi connectivity index (χ3n) is 4.76. The van der Waals surface area contributed by atoms with Gasteiger partial charge in [-0.1, -0.05) is 11.6 Å². The number of ether oxygens (including phenoxy) is 1. The molecule has 30 heavy (non-hydrogen) atoms. The number of anilines is 2. The fourth-order valence-corrected chi connectivity index (χ4v) is 4.80. The van der Waals surface area contributed by atoms with E-state index in [0.29, 0.717) is 15.6 Å². The Morgan fingerprint density at radius 1 is 1.27 bits per heavy atom. The van der Waals surface area contributed by atoms with Crippen LogP contribution in [-0.2, 0) is 9.53 Å². The van der Waals surface area contributed by atoms with Gasteiger partial charge in [0.25, 0.3) is 5.91 Å². The van der Waals surface area contributed by atoms with Gasteiger partial charge in [-0.25, -0.2) is 5.01 Å². The van der Waals surface area contributed by atoms with Gasteiger partial charge in [0.1, 0.15) is 6.04 Å². The maximum atomic E-state index is 12.8. The minimum atomic E-state index is -0.838. The van der Waals surface area contributed by atoms with Gasteiger partial charge in [-0.15, -0.1) is 11.3 Å². The van der Waals surface area contributed by atoms with Crippen LogP contribution in [0.15, 0.2) is 34.1 Å². The SMILES string of the molecule is COC[C@@H](NC(=O)c1ccc(Br)s1)C(=O)Nc1ccc(N2CCCCN2C)c(Cl)c1. The number of rotatable bonds is 7. The number of benzene rings is 1. The quantitative estimate of drug-likeness (QED) is 0.583. The highest BCUT2D eigenvalue weighted by Gasteiger charge is 2.23. The molecule has 1 aliphatic rings. The summed E-state index contributed by atoms with van der Waals surface area (Å²) in [4.78, 5) is 25.7. The van der Waals surface area contributed by atoms with Crippen molar-refractivity contribution in [3.63, 3.8) is 0 Å². The van der Waals surface area contributed by atoms with Crippen molar-refractivity contribution in [3.8, 4) is 0 Å². The summed E-state index contributed by atoms with van der Waals surface area (Å²) in [5, 5.41) is 10.4. The molecule has 0 aliphatic carbocycles. The van der Waals surface area contributed by atoms with Crippen molar-refractivity contribution < 1.29 is 14.3 Å². The number of amides is 2. The Morgan fingerprint density at radius 3 is 2.67 bits per heavy atom. The van der Waals surface area contributed by atoms with Crippen molar-refractivity contribution in [2.24, 2.45) is 0 Å². The highest BCUT2D eigenvalue weighted by molar-refractivity contribution is 9.11. The molecule has 162 valence electrons. The molecule has 1 saturated heterocycles. The van der Waals surface area contributed by atoms with Crippen LogP contribution < -0.4 is 15.6 Å². The van der Waals surface area contributed by atoms with Gasteiger partial charge < -0.3 is 20.4 Å². The van der Waals surface area contributed by atoms with Crippen molar-refractivity contribution in [1.82, 2.24) is 10.3 Å². The van der Waals surface area contributed by atoms with Gasteiger partial charge in [-0.05, 0) is 59.1 Å². The molecule has 2 amide bonds. The number of carbonyl (C=O) groups is 2. The van der Waals surface area contributed by atoms with Crippen molar-refractivity contribution in [2.75, 3.05) is 44.2 Å². The number of hydrogen-bond donors (Lipinski definition) is 2. The molecule has 0 unspecified atom stereocenters. The summed E-state index contributed by atoms with van der Waals surface area (Å²) in [5.41, 5.74) is 1.46. The normalized spacial score (nSPS) is 15.7. The summed E-state index contributed by atoms with van der Waals surface area (Å²) in [6, 6.07) is 8.07. The molecule has 1 aromatic carbocycles. The van der Waals surface area contributed by atoms with E-state index in [9.17, 15) is 9.59 Å². The zero-order valence-electron chi connectivity index (χ0n) is 16.8. The first kappa shape index (κ1) is 23.0. The van der Waals surface area contributed by atoms with Gasteiger partial charge in [0.15, 0.2) is 0 Å². The third-order valence-corrected chi connectivity index (χ3v) is 6.68. The summed E-state index contributed by atoms with van der Waals surface area (Å²) in [7, 11) is 3.52. The van der Waals surface area contributed by atoms with E-state index in [1.807, 2.05) is 19.2 Å². The molecule has 1 aliphatic heterocycles. The van der Waals surface area contributed by atoms with Crippen LogP contribution in [0.5, 0.6) is 0 Å². The molecule has 1 atom stereocenters. The number of thiophene rings is 1. The molecule has 1 fully saturated rings. The third kappa shape index (κ3) is 5.73. The van der Waals surface area contributed by atoms with E-state index in [2.05, 4.69) is 36.6 Å². The molecule has 0 radical (unpaired) electrons. The smallest absolute Gasteiger partial charge is 0.262 e. The van der Waals surface area contributed by atoms with E-state index in [1.54, 1.807) is 18.2 Å². The first-order valence-corrected chi connectivity index (χ1v) is 11.5. The molecular formula is C20H24BrClN4O3S. The summed E-state index contributed by atoms with van der Waals surface area (Å²) < 4.78 is 5.96. The summed E-state index contributed by atoms with van der Waals surface area (Å²) in [5.74, 6) is -0.704. The Labute approximate surface area is 193 Å². The molecular weight excluding hydrogens is 492 g/mol. The molecule has 2 heterocycles.